The lowest BCUT2D eigenvalue weighted by atomic mass is 10.4. The summed E-state index contributed by atoms with van der Waals surface area (Å²) < 4.78 is 27.2. The van der Waals surface area contributed by atoms with E-state index >= 15 is 0 Å². The van der Waals surface area contributed by atoms with Gasteiger partial charge in [-0.25, -0.2) is 13.1 Å². The number of benzene rings is 1. The normalized spacial score (nSPS) is 11.4. The number of pyridine rings is 1. The molecule has 0 spiro atoms. The summed E-state index contributed by atoms with van der Waals surface area (Å²) in [5.41, 5.74) is 0. The number of aromatic nitrogens is 1. The highest BCUT2D eigenvalue weighted by molar-refractivity contribution is 9.10. The maximum Gasteiger partial charge on any atom is 0.242 e. The molecule has 20 heavy (non-hydrogen) atoms. The predicted octanol–water partition coefficient (Wildman–Crippen LogP) is 2.91. The standard InChI is InChI=1S/C13H13BrN2O2S2/c14-11-8-13(10-15-9-11)20(17,18)16-6-7-19-12-4-2-1-3-5-12/h1-5,8-10,16H,6-7H2. The highest BCUT2D eigenvalue weighted by Gasteiger charge is 2.13. The first-order chi connectivity index (χ1) is 9.58. The maximum absolute atomic E-state index is 12.0. The van der Waals surface area contributed by atoms with Crippen LogP contribution in [0.15, 0.2) is 63.1 Å². The SMILES string of the molecule is O=S(=O)(NCCSc1ccccc1)c1cncc(Br)c1. The van der Waals surface area contributed by atoms with Gasteiger partial charge in [-0.05, 0) is 34.1 Å². The van der Waals surface area contributed by atoms with Crippen molar-refractivity contribution in [3.8, 4) is 0 Å². The first-order valence-electron chi connectivity index (χ1n) is 5.86. The fraction of sp³-hybridized carbons (Fsp3) is 0.154. The van der Waals surface area contributed by atoms with E-state index in [1.807, 2.05) is 30.3 Å². The Morgan fingerprint density at radius 1 is 1.20 bits per heavy atom. The van der Waals surface area contributed by atoms with Crippen LogP contribution in [0.3, 0.4) is 0 Å². The Hall–Kier alpha value is -0.890. The van der Waals surface area contributed by atoms with Gasteiger partial charge in [0.1, 0.15) is 4.90 Å². The van der Waals surface area contributed by atoms with Gasteiger partial charge in [-0.15, -0.1) is 11.8 Å². The molecule has 0 amide bonds. The number of hydrogen-bond acceptors (Lipinski definition) is 4. The molecule has 106 valence electrons. The molecule has 7 heteroatoms. The zero-order valence-electron chi connectivity index (χ0n) is 10.5. The van der Waals surface area contributed by atoms with Gasteiger partial charge < -0.3 is 0 Å². The van der Waals surface area contributed by atoms with E-state index in [0.29, 0.717) is 16.8 Å². The number of nitrogens with one attached hydrogen (secondary N) is 1. The van der Waals surface area contributed by atoms with Crippen molar-refractivity contribution in [1.82, 2.24) is 9.71 Å². The van der Waals surface area contributed by atoms with Crippen LogP contribution in [0.2, 0.25) is 0 Å². The Morgan fingerprint density at radius 3 is 2.65 bits per heavy atom. The first kappa shape index (κ1) is 15.5. The minimum atomic E-state index is -3.49. The highest BCUT2D eigenvalue weighted by Crippen LogP contribution is 2.17. The first-order valence-corrected chi connectivity index (χ1v) is 9.12. The quantitative estimate of drug-likeness (QED) is 0.625. The van der Waals surface area contributed by atoms with Crippen molar-refractivity contribution in [3.63, 3.8) is 0 Å². The second-order valence-electron chi connectivity index (χ2n) is 3.90. The summed E-state index contributed by atoms with van der Waals surface area (Å²) in [5, 5.41) is 0. The molecule has 0 unspecified atom stereocenters. The fourth-order valence-electron chi connectivity index (χ4n) is 1.48. The summed E-state index contributed by atoms with van der Waals surface area (Å²) in [6.45, 7) is 0.369. The van der Waals surface area contributed by atoms with Crippen molar-refractivity contribution in [2.24, 2.45) is 0 Å². The molecule has 0 bridgehead atoms. The van der Waals surface area contributed by atoms with Gasteiger partial charge in [-0.2, -0.15) is 0 Å². The number of thioether (sulfide) groups is 1. The zero-order chi connectivity index (χ0) is 14.4. The van der Waals surface area contributed by atoms with Gasteiger partial charge >= 0.3 is 0 Å². The smallest absolute Gasteiger partial charge is 0.242 e. The minimum absolute atomic E-state index is 0.164. The Morgan fingerprint density at radius 2 is 1.95 bits per heavy atom. The number of hydrogen-bond donors (Lipinski definition) is 1. The lowest BCUT2D eigenvalue weighted by Crippen LogP contribution is -2.26. The Kier molecular flexibility index (Phi) is 5.59. The van der Waals surface area contributed by atoms with E-state index in [9.17, 15) is 8.42 Å². The number of halogens is 1. The molecule has 1 heterocycles. The van der Waals surface area contributed by atoms with Crippen molar-refractivity contribution in [1.29, 1.82) is 0 Å². The average Bonchev–Trinajstić information content (AvgIpc) is 2.45. The summed E-state index contributed by atoms with van der Waals surface area (Å²) in [7, 11) is -3.49. The molecular formula is C13H13BrN2O2S2. The van der Waals surface area contributed by atoms with E-state index in [2.05, 4.69) is 25.6 Å². The molecule has 0 atom stereocenters. The molecule has 1 N–H and O–H groups in total. The largest absolute Gasteiger partial charge is 0.262 e. The van der Waals surface area contributed by atoms with Crippen molar-refractivity contribution < 1.29 is 8.42 Å². The molecule has 0 fully saturated rings. The van der Waals surface area contributed by atoms with Crippen molar-refractivity contribution in [2.75, 3.05) is 12.3 Å². The van der Waals surface area contributed by atoms with Crippen LogP contribution in [-0.2, 0) is 10.0 Å². The summed E-state index contributed by atoms with van der Waals surface area (Å²) in [6.07, 6.45) is 2.88. The summed E-state index contributed by atoms with van der Waals surface area (Å²) in [6, 6.07) is 11.4. The lowest BCUT2D eigenvalue weighted by Gasteiger charge is -2.06. The molecule has 4 nitrogen and oxygen atoms in total. The van der Waals surface area contributed by atoms with Crippen LogP contribution in [-0.4, -0.2) is 25.7 Å². The van der Waals surface area contributed by atoms with Crippen LogP contribution < -0.4 is 4.72 Å². The van der Waals surface area contributed by atoms with Crippen molar-refractivity contribution in [2.45, 2.75) is 9.79 Å². The van der Waals surface area contributed by atoms with Gasteiger partial charge in [0.25, 0.3) is 0 Å². The fourth-order valence-corrected chi connectivity index (χ4v) is 3.94. The molecule has 2 rings (SSSR count). The molecule has 2 aromatic rings. The van der Waals surface area contributed by atoms with Crippen LogP contribution in [0, 0.1) is 0 Å². The molecule has 1 aromatic carbocycles. The molecule has 0 saturated heterocycles. The van der Waals surface area contributed by atoms with E-state index in [4.69, 9.17) is 0 Å². The lowest BCUT2D eigenvalue weighted by molar-refractivity contribution is 0.583. The summed E-state index contributed by atoms with van der Waals surface area (Å²) in [5.74, 6) is 0.671. The Labute approximate surface area is 131 Å². The second kappa shape index (κ2) is 7.21. The van der Waals surface area contributed by atoms with Crippen LogP contribution in [0.5, 0.6) is 0 Å². The third-order valence-electron chi connectivity index (χ3n) is 2.40. The monoisotopic (exact) mass is 372 g/mol. The van der Waals surface area contributed by atoms with E-state index in [1.54, 1.807) is 18.0 Å². The topological polar surface area (TPSA) is 59.1 Å². The highest BCUT2D eigenvalue weighted by atomic mass is 79.9. The van der Waals surface area contributed by atoms with Gasteiger partial charge in [0.15, 0.2) is 0 Å². The van der Waals surface area contributed by atoms with Gasteiger partial charge in [0, 0.05) is 34.1 Å². The molecule has 0 radical (unpaired) electrons. The van der Waals surface area contributed by atoms with Crippen LogP contribution in [0.4, 0.5) is 0 Å². The average molecular weight is 373 g/mol. The van der Waals surface area contributed by atoms with E-state index in [0.717, 1.165) is 4.90 Å². The minimum Gasteiger partial charge on any atom is -0.262 e. The van der Waals surface area contributed by atoms with E-state index in [-0.39, 0.29) is 4.90 Å². The number of sulfonamides is 1. The molecule has 0 aliphatic carbocycles. The van der Waals surface area contributed by atoms with Crippen molar-refractivity contribution >= 4 is 37.7 Å². The summed E-state index contributed by atoms with van der Waals surface area (Å²) >= 11 is 4.82. The van der Waals surface area contributed by atoms with Gasteiger partial charge in [-0.1, -0.05) is 18.2 Å². The Bertz CT molecular complexity index is 663. The maximum atomic E-state index is 12.0. The van der Waals surface area contributed by atoms with Crippen LogP contribution in [0.1, 0.15) is 0 Å². The Balaban J connectivity index is 1.87. The number of rotatable bonds is 6. The van der Waals surface area contributed by atoms with Crippen molar-refractivity contribution in [3.05, 3.63) is 53.3 Å². The third kappa shape index (κ3) is 4.59. The second-order valence-corrected chi connectivity index (χ2v) is 7.75. The predicted molar refractivity (Wildman–Crippen MR) is 84.3 cm³/mol. The molecule has 0 aliphatic heterocycles. The molecular weight excluding hydrogens is 360 g/mol. The van der Waals surface area contributed by atoms with Gasteiger partial charge in [0.05, 0.1) is 0 Å². The molecule has 1 aromatic heterocycles. The molecule has 0 aliphatic rings. The van der Waals surface area contributed by atoms with Crippen LogP contribution >= 0.6 is 27.7 Å². The molecule has 0 saturated carbocycles. The van der Waals surface area contributed by atoms with Gasteiger partial charge in [0.2, 0.25) is 10.0 Å². The number of nitrogens with zero attached hydrogens (tertiary/aromatic N) is 1. The van der Waals surface area contributed by atoms with E-state index < -0.39 is 10.0 Å². The van der Waals surface area contributed by atoms with E-state index in [1.165, 1.54) is 12.3 Å². The zero-order valence-corrected chi connectivity index (χ0v) is 13.7. The van der Waals surface area contributed by atoms with Crippen LogP contribution in [0.25, 0.3) is 0 Å². The van der Waals surface area contributed by atoms with Gasteiger partial charge in [-0.3, -0.25) is 4.98 Å². The summed E-state index contributed by atoms with van der Waals surface area (Å²) in [4.78, 5) is 5.14. The third-order valence-corrected chi connectivity index (χ3v) is 5.27.